The second-order valence-electron chi connectivity index (χ2n) is 4.44. The Kier molecular flexibility index (Phi) is 6.12. The Morgan fingerprint density at radius 3 is 2.35 bits per heavy atom. The number of alkyl halides is 2. The molecule has 0 aliphatic carbocycles. The lowest BCUT2D eigenvalue weighted by Gasteiger charge is -2.13. The summed E-state index contributed by atoms with van der Waals surface area (Å²) in [6.45, 7) is 5.33. The predicted octanol–water partition coefficient (Wildman–Crippen LogP) is 3.94. The molecule has 0 spiro atoms. The van der Waals surface area contributed by atoms with Gasteiger partial charge in [-0.2, -0.15) is 0 Å². The van der Waals surface area contributed by atoms with Gasteiger partial charge in [-0.1, -0.05) is 31.2 Å². The van der Waals surface area contributed by atoms with Crippen LogP contribution in [0, 0.1) is 0 Å². The van der Waals surface area contributed by atoms with E-state index in [1.807, 2.05) is 0 Å². The van der Waals surface area contributed by atoms with E-state index in [4.69, 9.17) is 0 Å². The molecule has 0 amide bonds. The van der Waals surface area contributed by atoms with E-state index in [9.17, 15) is 8.78 Å². The van der Waals surface area contributed by atoms with Gasteiger partial charge in [-0.3, -0.25) is 0 Å². The summed E-state index contributed by atoms with van der Waals surface area (Å²) in [5.74, 6) is 0. The molecule has 3 heteroatoms. The van der Waals surface area contributed by atoms with Gasteiger partial charge in [0.05, 0.1) is 0 Å². The largest absolute Gasteiger partial charge is 0.314 e. The van der Waals surface area contributed by atoms with Crippen molar-refractivity contribution in [3.63, 3.8) is 0 Å². The first-order chi connectivity index (χ1) is 8.13. The third kappa shape index (κ3) is 5.26. The second kappa shape index (κ2) is 7.38. The highest BCUT2D eigenvalue weighted by atomic mass is 19.3. The zero-order valence-corrected chi connectivity index (χ0v) is 10.5. The lowest BCUT2D eigenvalue weighted by molar-refractivity contribution is 0.151. The lowest BCUT2D eigenvalue weighted by Crippen LogP contribution is -2.27. The van der Waals surface area contributed by atoms with Crippen molar-refractivity contribution in [2.75, 3.05) is 6.54 Å². The van der Waals surface area contributed by atoms with Crippen molar-refractivity contribution >= 4 is 0 Å². The first kappa shape index (κ1) is 14.1. The molecule has 17 heavy (non-hydrogen) atoms. The average Bonchev–Trinajstić information content (AvgIpc) is 2.34. The molecule has 1 rings (SSSR count). The van der Waals surface area contributed by atoms with Crippen molar-refractivity contribution in [3.8, 4) is 0 Å². The molecule has 1 atom stereocenters. The van der Waals surface area contributed by atoms with Crippen molar-refractivity contribution in [2.45, 2.75) is 45.6 Å². The third-order valence-corrected chi connectivity index (χ3v) is 2.84. The highest BCUT2D eigenvalue weighted by Gasteiger charge is 2.06. The minimum Gasteiger partial charge on any atom is -0.314 e. The molecule has 1 aromatic rings. The molecule has 0 aliphatic heterocycles. The maximum atomic E-state index is 12.3. The Balaban J connectivity index is 2.36. The van der Waals surface area contributed by atoms with Gasteiger partial charge in [0.15, 0.2) is 0 Å². The summed E-state index contributed by atoms with van der Waals surface area (Å²) < 4.78 is 24.7. The number of hydrogen-bond acceptors (Lipinski definition) is 1. The molecule has 0 fully saturated rings. The predicted molar refractivity (Wildman–Crippen MR) is 67.5 cm³/mol. The lowest BCUT2D eigenvalue weighted by atomic mass is 10.0. The SMILES string of the molecule is CCCNC(C)CCc1ccc(C(F)F)cc1. The number of rotatable bonds is 7. The molecule has 0 radical (unpaired) electrons. The molecule has 0 heterocycles. The van der Waals surface area contributed by atoms with Gasteiger partial charge in [-0.15, -0.1) is 0 Å². The maximum absolute atomic E-state index is 12.3. The van der Waals surface area contributed by atoms with Gasteiger partial charge in [0.1, 0.15) is 0 Å². The van der Waals surface area contributed by atoms with E-state index in [1.54, 1.807) is 12.1 Å². The number of halogens is 2. The first-order valence-corrected chi connectivity index (χ1v) is 6.23. The molecule has 0 saturated heterocycles. The smallest absolute Gasteiger partial charge is 0.263 e. The summed E-state index contributed by atoms with van der Waals surface area (Å²) in [7, 11) is 0. The van der Waals surface area contributed by atoms with E-state index < -0.39 is 6.43 Å². The van der Waals surface area contributed by atoms with Gasteiger partial charge in [0.25, 0.3) is 6.43 Å². The summed E-state index contributed by atoms with van der Waals surface area (Å²) in [6, 6.07) is 7.11. The summed E-state index contributed by atoms with van der Waals surface area (Å²) in [5, 5.41) is 3.41. The van der Waals surface area contributed by atoms with Crippen molar-refractivity contribution in [1.29, 1.82) is 0 Å². The van der Waals surface area contributed by atoms with Gasteiger partial charge in [-0.25, -0.2) is 8.78 Å². The van der Waals surface area contributed by atoms with Crippen LogP contribution in [-0.2, 0) is 6.42 Å². The Morgan fingerprint density at radius 2 is 1.82 bits per heavy atom. The molecule has 0 bridgehead atoms. The van der Waals surface area contributed by atoms with Crippen molar-refractivity contribution in [3.05, 3.63) is 35.4 Å². The topological polar surface area (TPSA) is 12.0 Å². The Hall–Kier alpha value is -0.960. The summed E-state index contributed by atoms with van der Waals surface area (Å²) >= 11 is 0. The number of benzene rings is 1. The minimum absolute atomic E-state index is 0.103. The number of nitrogens with one attached hydrogen (secondary N) is 1. The highest BCUT2D eigenvalue weighted by Crippen LogP contribution is 2.19. The van der Waals surface area contributed by atoms with Gasteiger partial charge in [-0.05, 0) is 38.3 Å². The van der Waals surface area contributed by atoms with Gasteiger partial charge in [0, 0.05) is 11.6 Å². The molecular weight excluding hydrogens is 220 g/mol. The van der Waals surface area contributed by atoms with Crippen LogP contribution in [0.15, 0.2) is 24.3 Å². The van der Waals surface area contributed by atoms with Crippen LogP contribution in [0.2, 0.25) is 0 Å². The zero-order chi connectivity index (χ0) is 12.7. The van der Waals surface area contributed by atoms with E-state index in [2.05, 4.69) is 19.2 Å². The third-order valence-electron chi connectivity index (χ3n) is 2.84. The fourth-order valence-corrected chi connectivity index (χ4v) is 1.71. The quantitative estimate of drug-likeness (QED) is 0.762. The minimum atomic E-state index is -2.37. The molecule has 0 saturated carbocycles. The van der Waals surface area contributed by atoms with Crippen LogP contribution >= 0.6 is 0 Å². The van der Waals surface area contributed by atoms with Crippen LogP contribution in [0.1, 0.15) is 44.2 Å². The monoisotopic (exact) mass is 241 g/mol. The normalized spacial score (nSPS) is 13.0. The molecule has 1 N–H and O–H groups in total. The van der Waals surface area contributed by atoms with E-state index >= 15 is 0 Å². The highest BCUT2D eigenvalue weighted by molar-refractivity contribution is 5.23. The van der Waals surface area contributed by atoms with Crippen LogP contribution in [-0.4, -0.2) is 12.6 Å². The van der Waals surface area contributed by atoms with E-state index in [1.165, 1.54) is 12.1 Å². The van der Waals surface area contributed by atoms with Crippen LogP contribution in [0.5, 0.6) is 0 Å². The first-order valence-electron chi connectivity index (χ1n) is 6.23. The van der Waals surface area contributed by atoms with Crippen LogP contribution in [0.25, 0.3) is 0 Å². The van der Waals surface area contributed by atoms with Crippen molar-refractivity contribution in [2.24, 2.45) is 0 Å². The number of aryl methyl sites for hydroxylation is 1. The summed E-state index contributed by atoms with van der Waals surface area (Å²) in [4.78, 5) is 0. The molecule has 96 valence electrons. The maximum Gasteiger partial charge on any atom is 0.263 e. The van der Waals surface area contributed by atoms with E-state index in [0.29, 0.717) is 6.04 Å². The van der Waals surface area contributed by atoms with E-state index in [-0.39, 0.29) is 5.56 Å². The fraction of sp³-hybridized carbons (Fsp3) is 0.571. The molecule has 1 aromatic carbocycles. The van der Waals surface area contributed by atoms with Crippen LogP contribution in [0.3, 0.4) is 0 Å². The number of hydrogen-bond donors (Lipinski definition) is 1. The molecular formula is C14H21F2N. The van der Waals surface area contributed by atoms with Gasteiger partial charge < -0.3 is 5.32 Å². The average molecular weight is 241 g/mol. The van der Waals surface area contributed by atoms with Gasteiger partial charge >= 0.3 is 0 Å². The Labute approximate surface area is 102 Å². The fourth-order valence-electron chi connectivity index (χ4n) is 1.71. The second-order valence-corrected chi connectivity index (χ2v) is 4.44. The molecule has 1 nitrogen and oxygen atoms in total. The molecule has 0 aromatic heterocycles. The zero-order valence-electron chi connectivity index (χ0n) is 10.5. The summed E-state index contributed by atoms with van der Waals surface area (Å²) in [5.41, 5.74) is 1.23. The van der Waals surface area contributed by atoms with Crippen LogP contribution < -0.4 is 5.32 Å². The standard InChI is InChI=1S/C14H21F2N/c1-3-10-17-11(2)4-5-12-6-8-13(9-7-12)14(15)16/h6-9,11,14,17H,3-5,10H2,1-2H3. The molecule has 0 aliphatic rings. The van der Waals surface area contributed by atoms with Crippen molar-refractivity contribution in [1.82, 2.24) is 5.32 Å². The Morgan fingerprint density at radius 1 is 1.18 bits per heavy atom. The molecule has 1 unspecified atom stereocenters. The Bertz CT molecular complexity index is 309. The van der Waals surface area contributed by atoms with Crippen molar-refractivity contribution < 1.29 is 8.78 Å². The summed E-state index contributed by atoms with van der Waals surface area (Å²) in [6.07, 6.45) is 0.734. The van der Waals surface area contributed by atoms with Gasteiger partial charge in [0.2, 0.25) is 0 Å². The van der Waals surface area contributed by atoms with E-state index in [0.717, 1.165) is 31.4 Å². The van der Waals surface area contributed by atoms with Crippen LogP contribution in [0.4, 0.5) is 8.78 Å².